The maximum absolute atomic E-state index is 11.9. The Labute approximate surface area is 143 Å². The van der Waals surface area contributed by atoms with E-state index < -0.39 is 0 Å². The summed E-state index contributed by atoms with van der Waals surface area (Å²) in [6, 6.07) is 7.25. The molecule has 2 atom stereocenters. The van der Waals surface area contributed by atoms with Crippen molar-refractivity contribution in [2.45, 2.75) is 45.2 Å². The summed E-state index contributed by atoms with van der Waals surface area (Å²) in [5.41, 5.74) is 7.46. The summed E-state index contributed by atoms with van der Waals surface area (Å²) >= 11 is 0. The first-order valence-electron chi connectivity index (χ1n) is 7.88. The number of carbonyl (C=O) groups excluding carboxylic acids is 2. The standard InChI is InChI=1S/C17H24N2O3.ClH/c1-2-22-17(21)13-8-6-12(7-9-13)11-19-16(20)10-14-4-3-5-15(14)18;/h6-9,14-15H,2-5,10-11,18H2,1H3,(H,19,20);1H/t14-,15+;/m0./s1. The summed E-state index contributed by atoms with van der Waals surface area (Å²) < 4.78 is 4.93. The Kier molecular flexibility index (Phi) is 8.06. The van der Waals surface area contributed by atoms with Gasteiger partial charge in [0.25, 0.3) is 0 Å². The molecule has 5 nitrogen and oxygen atoms in total. The van der Waals surface area contributed by atoms with Gasteiger partial charge >= 0.3 is 5.97 Å². The normalized spacial score (nSPS) is 19.7. The van der Waals surface area contributed by atoms with Gasteiger partial charge in [-0.3, -0.25) is 4.79 Å². The largest absolute Gasteiger partial charge is 0.462 e. The van der Waals surface area contributed by atoms with E-state index >= 15 is 0 Å². The van der Waals surface area contributed by atoms with Crippen molar-refractivity contribution in [2.24, 2.45) is 11.7 Å². The first kappa shape index (κ1) is 19.5. The van der Waals surface area contributed by atoms with Crippen LogP contribution in [0.4, 0.5) is 0 Å². The predicted molar refractivity (Wildman–Crippen MR) is 91.4 cm³/mol. The van der Waals surface area contributed by atoms with Crippen LogP contribution in [-0.4, -0.2) is 24.5 Å². The van der Waals surface area contributed by atoms with E-state index in [9.17, 15) is 9.59 Å². The molecule has 1 aromatic rings. The fourth-order valence-corrected chi connectivity index (χ4v) is 2.80. The molecule has 0 aliphatic heterocycles. The van der Waals surface area contributed by atoms with E-state index in [1.54, 1.807) is 19.1 Å². The van der Waals surface area contributed by atoms with Crippen LogP contribution in [0.1, 0.15) is 48.5 Å². The molecule has 1 saturated carbocycles. The second kappa shape index (κ2) is 9.53. The number of hydrogen-bond donors (Lipinski definition) is 2. The molecule has 0 radical (unpaired) electrons. The summed E-state index contributed by atoms with van der Waals surface area (Å²) in [6.45, 7) is 2.60. The van der Waals surface area contributed by atoms with Crippen molar-refractivity contribution >= 4 is 24.3 Å². The number of rotatable bonds is 6. The quantitative estimate of drug-likeness (QED) is 0.779. The number of carbonyl (C=O) groups is 2. The maximum Gasteiger partial charge on any atom is 0.338 e. The molecule has 23 heavy (non-hydrogen) atoms. The van der Waals surface area contributed by atoms with Gasteiger partial charge in [-0.15, -0.1) is 12.4 Å². The third-order valence-electron chi connectivity index (χ3n) is 4.12. The molecule has 0 bridgehead atoms. The van der Waals surface area contributed by atoms with Crippen molar-refractivity contribution in [2.75, 3.05) is 6.61 Å². The van der Waals surface area contributed by atoms with Crippen LogP contribution in [0, 0.1) is 5.92 Å². The molecule has 1 aromatic carbocycles. The third kappa shape index (κ3) is 5.84. The Balaban J connectivity index is 0.00000264. The van der Waals surface area contributed by atoms with Crippen LogP contribution < -0.4 is 11.1 Å². The zero-order chi connectivity index (χ0) is 15.9. The second-order valence-corrected chi connectivity index (χ2v) is 5.75. The highest BCUT2D eigenvalue weighted by atomic mass is 35.5. The third-order valence-corrected chi connectivity index (χ3v) is 4.12. The topological polar surface area (TPSA) is 81.4 Å². The predicted octanol–water partition coefficient (Wildman–Crippen LogP) is 2.42. The number of hydrogen-bond acceptors (Lipinski definition) is 4. The van der Waals surface area contributed by atoms with Crippen LogP contribution >= 0.6 is 12.4 Å². The molecule has 1 fully saturated rings. The number of amides is 1. The van der Waals surface area contributed by atoms with Gasteiger partial charge in [0.05, 0.1) is 12.2 Å². The first-order valence-corrected chi connectivity index (χ1v) is 7.88. The Morgan fingerprint density at radius 2 is 1.96 bits per heavy atom. The molecule has 128 valence electrons. The van der Waals surface area contributed by atoms with Gasteiger partial charge in [-0.2, -0.15) is 0 Å². The molecule has 3 N–H and O–H groups in total. The molecule has 0 aromatic heterocycles. The van der Waals surface area contributed by atoms with Gasteiger partial charge < -0.3 is 15.8 Å². The Hall–Kier alpha value is -1.59. The van der Waals surface area contributed by atoms with Crippen molar-refractivity contribution < 1.29 is 14.3 Å². The lowest BCUT2D eigenvalue weighted by molar-refractivity contribution is -0.122. The minimum atomic E-state index is -0.326. The number of halogens is 1. The molecule has 0 saturated heterocycles. The zero-order valence-corrected chi connectivity index (χ0v) is 14.2. The summed E-state index contributed by atoms with van der Waals surface area (Å²) in [7, 11) is 0. The lowest BCUT2D eigenvalue weighted by Crippen LogP contribution is -2.31. The van der Waals surface area contributed by atoms with Crippen LogP contribution in [0.25, 0.3) is 0 Å². The van der Waals surface area contributed by atoms with Crippen LogP contribution in [0.5, 0.6) is 0 Å². The van der Waals surface area contributed by atoms with Crippen LogP contribution in [0.2, 0.25) is 0 Å². The Bertz CT molecular complexity index is 519. The van der Waals surface area contributed by atoms with Crippen molar-refractivity contribution in [3.63, 3.8) is 0 Å². The van der Waals surface area contributed by atoms with E-state index in [1.807, 2.05) is 12.1 Å². The molecule has 0 heterocycles. The molecule has 0 spiro atoms. The molecule has 6 heteroatoms. The van der Waals surface area contributed by atoms with Gasteiger partial charge in [0.2, 0.25) is 5.91 Å². The summed E-state index contributed by atoms with van der Waals surface area (Å²) in [6.07, 6.45) is 3.69. The van der Waals surface area contributed by atoms with Gasteiger partial charge in [0, 0.05) is 19.0 Å². The fourth-order valence-electron chi connectivity index (χ4n) is 2.80. The van der Waals surface area contributed by atoms with Gasteiger partial charge in [0.15, 0.2) is 0 Å². The maximum atomic E-state index is 11.9. The summed E-state index contributed by atoms with van der Waals surface area (Å²) in [4.78, 5) is 23.5. The smallest absolute Gasteiger partial charge is 0.338 e. The number of benzene rings is 1. The van der Waals surface area contributed by atoms with E-state index in [1.165, 1.54) is 0 Å². The van der Waals surface area contributed by atoms with E-state index in [-0.39, 0.29) is 30.3 Å². The van der Waals surface area contributed by atoms with Crippen molar-refractivity contribution in [1.82, 2.24) is 5.32 Å². The Morgan fingerprint density at radius 1 is 1.26 bits per heavy atom. The molecule has 0 unspecified atom stereocenters. The summed E-state index contributed by atoms with van der Waals surface area (Å²) in [5.74, 6) is 0.0244. The van der Waals surface area contributed by atoms with Crippen molar-refractivity contribution in [3.8, 4) is 0 Å². The zero-order valence-electron chi connectivity index (χ0n) is 13.4. The van der Waals surface area contributed by atoms with E-state index in [2.05, 4.69) is 5.32 Å². The molecule has 1 aliphatic carbocycles. The van der Waals surface area contributed by atoms with Crippen LogP contribution in [0.3, 0.4) is 0 Å². The second-order valence-electron chi connectivity index (χ2n) is 5.75. The number of ether oxygens (including phenoxy) is 1. The van der Waals surface area contributed by atoms with Gasteiger partial charge in [-0.05, 0) is 43.4 Å². The van der Waals surface area contributed by atoms with E-state index in [4.69, 9.17) is 10.5 Å². The molecule has 1 amide bonds. The first-order chi connectivity index (χ1) is 10.6. The van der Waals surface area contributed by atoms with Gasteiger partial charge in [-0.25, -0.2) is 4.79 Å². The van der Waals surface area contributed by atoms with Gasteiger partial charge in [0.1, 0.15) is 0 Å². The molecular formula is C17H25ClN2O3. The van der Waals surface area contributed by atoms with E-state index in [0.29, 0.717) is 31.1 Å². The molecule has 1 aliphatic rings. The van der Waals surface area contributed by atoms with Crippen molar-refractivity contribution in [1.29, 1.82) is 0 Å². The highest BCUT2D eigenvalue weighted by Crippen LogP contribution is 2.26. The lowest BCUT2D eigenvalue weighted by atomic mass is 10.00. The lowest BCUT2D eigenvalue weighted by Gasteiger charge is -2.14. The fraction of sp³-hybridized carbons (Fsp3) is 0.529. The van der Waals surface area contributed by atoms with E-state index in [0.717, 1.165) is 24.8 Å². The minimum absolute atomic E-state index is 0. The summed E-state index contributed by atoms with van der Waals surface area (Å²) in [5, 5.41) is 2.91. The van der Waals surface area contributed by atoms with Crippen molar-refractivity contribution in [3.05, 3.63) is 35.4 Å². The Morgan fingerprint density at radius 3 is 2.52 bits per heavy atom. The molecule has 2 rings (SSSR count). The SMILES string of the molecule is CCOC(=O)c1ccc(CNC(=O)C[C@@H]2CCC[C@H]2N)cc1.Cl. The number of nitrogens with one attached hydrogen (secondary N) is 1. The average molecular weight is 341 g/mol. The number of esters is 1. The number of nitrogens with two attached hydrogens (primary N) is 1. The highest BCUT2D eigenvalue weighted by molar-refractivity contribution is 5.89. The average Bonchev–Trinajstić information content (AvgIpc) is 2.91. The monoisotopic (exact) mass is 340 g/mol. The molecular weight excluding hydrogens is 316 g/mol. The van der Waals surface area contributed by atoms with Crippen LogP contribution in [-0.2, 0) is 16.1 Å². The van der Waals surface area contributed by atoms with Crippen LogP contribution in [0.15, 0.2) is 24.3 Å². The van der Waals surface area contributed by atoms with Gasteiger partial charge in [-0.1, -0.05) is 18.6 Å². The highest BCUT2D eigenvalue weighted by Gasteiger charge is 2.25. The minimum Gasteiger partial charge on any atom is -0.462 e.